The van der Waals surface area contributed by atoms with E-state index in [4.69, 9.17) is 10.2 Å². The molecule has 108 valence electrons. The first-order chi connectivity index (χ1) is 9.69. The fourth-order valence-corrected chi connectivity index (χ4v) is 1.83. The van der Waals surface area contributed by atoms with E-state index in [1.165, 1.54) is 0 Å². The van der Waals surface area contributed by atoms with Crippen molar-refractivity contribution in [3.63, 3.8) is 0 Å². The summed E-state index contributed by atoms with van der Waals surface area (Å²) in [6.07, 6.45) is 2.57. The number of amides is 1. The normalized spacial score (nSPS) is 9.75. The number of unbranched alkanes of at least 4 members (excludes halogenated alkanes) is 2. The van der Waals surface area contributed by atoms with Gasteiger partial charge in [-0.05, 0) is 37.5 Å². The van der Waals surface area contributed by atoms with Crippen LogP contribution in [-0.4, -0.2) is 47.8 Å². The molecule has 2 N–H and O–H groups in total. The molecule has 0 atom stereocenters. The minimum Gasteiger partial charge on any atom is -0.396 e. The van der Waals surface area contributed by atoms with E-state index in [9.17, 15) is 4.79 Å². The predicted octanol–water partition coefficient (Wildman–Crippen LogP) is 1.27. The molecular weight excluding hydrogens is 254 g/mol. The molecule has 0 aliphatic carbocycles. The largest absolute Gasteiger partial charge is 0.396 e. The second kappa shape index (κ2) is 9.13. The molecule has 0 aliphatic heterocycles. The molecule has 0 heterocycles. The van der Waals surface area contributed by atoms with E-state index in [2.05, 4.69) is 11.8 Å². The number of nitrogens with zero attached hydrogens (tertiary/aromatic N) is 1. The van der Waals surface area contributed by atoms with Crippen molar-refractivity contribution in [1.29, 1.82) is 0 Å². The molecule has 0 aliphatic rings. The topological polar surface area (TPSA) is 60.8 Å². The Kier molecular flexibility index (Phi) is 7.41. The Morgan fingerprint density at radius 3 is 2.75 bits per heavy atom. The molecule has 0 unspecified atom stereocenters. The maximum atomic E-state index is 12.2. The molecule has 4 nitrogen and oxygen atoms in total. The molecule has 0 bridgehead atoms. The number of carbonyl (C=O) groups is 1. The molecule has 1 aromatic carbocycles. The summed E-state index contributed by atoms with van der Waals surface area (Å²) < 4.78 is 0. The highest BCUT2D eigenvalue weighted by molar-refractivity contribution is 5.94. The van der Waals surface area contributed by atoms with Gasteiger partial charge in [0, 0.05) is 31.3 Å². The van der Waals surface area contributed by atoms with Crippen molar-refractivity contribution >= 4 is 5.91 Å². The monoisotopic (exact) mass is 275 g/mol. The summed E-state index contributed by atoms with van der Waals surface area (Å²) in [5.41, 5.74) is 1.32. The Balaban J connectivity index is 2.62. The molecule has 0 radical (unpaired) electrons. The van der Waals surface area contributed by atoms with Crippen molar-refractivity contribution in [3.8, 4) is 11.8 Å². The number of hydrogen-bond donors (Lipinski definition) is 2. The lowest BCUT2D eigenvalue weighted by atomic mass is 10.1. The first-order valence-electron chi connectivity index (χ1n) is 6.75. The van der Waals surface area contributed by atoms with E-state index in [1.54, 1.807) is 36.2 Å². The fraction of sp³-hybridized carbons (Fsp3) is 0.438. The quantitative estimate of drug-likeness (QED) is 0.607. The van der Waals surface area contributed by atoms with Crippen molar-refractivity contribution < 1.29 is 15.0 Å². The average molecular weight is 275 g/mol. The summed E-state index contributed by atoms with van der Waals surface area (Å²) in [7, 11) is 1.77. The van der Waals surface area contributed by atoms with E-state index in [1.807, 2.05) is 0 Å². The molecular formula is C16H21NO3. The van der Waals surface area contributed by atoms with E-state index >= 15 is 0 Å². The van der Waals surface area contributed by atoms with E-state index in [0.717, 1.165) is 24.8 Å². The highest BCUT2D eigenvalue weighted by atomic mass is 16.3. The zero-order valence-corrected chi connectivity index (χ0v) is 11.8. The minimum absolute atomic E-state index is 0.0401. The van der Waals surface area contributed by atoms with Crippen molar-refractivity contribution in [1.82, 2.24) is 4.90 Å². The van der Waals surface area contributed by atoms with Crippen LogP contribution >= 0.6 is 0 Å². The first-order valence-corrected chi connectivity index (χ1v) is 6.75. The van der Waals surface area contributed by atoms with Gasteiger partial charge in [-0.2, -0.15) is 0 Å². The van der Waals surface area contributed by atoms with Crippen LogP contribution in [0.25, 0.3) is 0 Å². The van der Waals surface area contributed by atoms with Gasteiger partial charge >= 0.3 is 0 Å². The van der Waals surface area contributed by atoms with Crippen LogP contribution in [0, 0.1) is 11.8 Å². The zero-order valence-electron chi connectivity index (χ0n) is 11.8. The van der Waals surface area contributed by atoms with Crippen LogP contribution in [0.2, 0.25) is 0 Å². The second-order valence-electron chi connectivity index (χ2n) is 4.55. The van der Waals surface area contributed by atoms with Gasteiger partial charge in [0.2, 0.25) is 0 Å². The summed E-state index contributed by atoms with van der Waals surface area (Å²) in [6, 6.07) is 7.08. The lowest BCUT2D eigenvalue weighted by molar-refractivity contribution is 0.0792. The summed E-state index contributed by atoms with van der Waals surface area (Å²) in [4.78, 5) is 13.9. The first kappa shape index (κ1) is 16.2. The van der Waals surface area contributed by atoms with Crippen LogP contribution in [0.15, 0.2) is 24.3 Å². The van der Waals surface area contributed by atoms with Crippen molar-refractivity contribution in [3.05, 3.63) is 35.4 Å². The molecule has 20 heavy (non-hydrogen) atoms. The molecule has 0 spiro atoms. The molecule has 1 aromatic rings. The maximum absolute atomic E-state index is 12.2. The van der Waals surface area contributed by atoms with E-state index < -0.39 is 0 Å². The fourth-order valence-electron chi connectivity index (χ4n) is 1.83. The van der Waals surface area contributed by atoms with Crippen molar-refractivity contribution in [2.75, 3.05) is 26.8 Å². The summed E-state index contributed by atoms with van der Waals surface area (Å²) in [6.45, 7) is 0.678. The number of aliphatic hydroxyl groups excluding tert-OH is 2. The van der Waals surface area contributed by atoms with Gasteiger partial charge in [0.15, 0.2) is 0 Å². The molecule has 1 rings (SSSR count). The van der Waals surface area contributed by atoms with Gasteiger partial charge in [0.05, 0.1) is 0 Å². The number of rotatable bonds is 6. The number of hydrogen-bond acceptors (Lipinski definition) is 3. The van der Waals surface area contributed by atoms with Gasteiger partial charge in [0.25, 0.3) is 5.91 Å². The standard InChI is InChI=1S/C16H21NO3/c1-17(10-3-2-4-11-18)16(20)15-9-5-7-14(13-15)8-6-12-19/h5,7,9,13,18-19H,2-4,10-12H2,1H3. The number of benzene rings is 1. The van der Waals surface area contributed by atoms with Crippen LogP contribution in [0.3, 0.4) is 0 Å². The number of carbonyl (C=O) groups excluding carboxylic acids is 1. The van der Waals surface area contributed by atoms with Gasteiger partial charge in [-0.3, -0.25) is 4.79 Å². The van der Waals surface area contributed by atoms with Crippen LogP contribution in [0.5, 0.6) is 0 Å². The second-order valence-corrected chi connectivity index (χ2v) is 4.55. The third-order valence-corrected chi connectivity index (χ3v) is 2.92. The van der Waals surface area contributed by atoms with E-state index in [-0.39, 0.29) is 19.1 Å². The summed E-state index contributed by atoms with van der Waals surface area (Å²) in [5, 5.41) is 17.4. The van der Waals surface area contributed by atoms with Gasteiger partial charge in [-0.25, -0.2) is 0 Å². The zero-order chi connectivity index (χ0) is 14.8. The Hall–Kier alpha value is -1.83. The summed E-state index contributed by atoms with van der Waals surface area (Å²) >= 11 is 0. The predicted molar refractivity (Wildman–Crippen MR) is 78.3 cm³/mol. The molecule has 0 fully saturated rings. The van der Waals surface area contributed by atoms with Crippen LogP contribution in [-0.2, 0) is 0 Å². The Morgan fingerprint density at radius 2 is 2.05 bits per heavy atom. The third kappa shape index (κ3) is 5.43. The molecule has 1 amide bonds. The lowest BCUT2D eigenvalue weighted by Crippen LogP contribution is -2.27. The number of aliphatic hydroxyl groups is 2. The lowest BCUT2D eigenvalue weighted by Gasteiger charge is -2.17. The minimum atomic E-state index is -0.192. The average Bonchev–Trinajstić information content (AvgIpc) is 2.48. The Labute approximate surface area is 120 Å². The molecule has 4 heteroatoms. The smallest absolute Gasteiger partial charge is 0.253 e. The van der Waals surface area contributed by atoms with Gasteiger partial charge in [-0.15, -0.1) is 0 Å². The van der Waals surface area contributed by atoms with Crippen molar-refractivity contribution in [2.24, 2.45) is 0 Å². The SMILES string of the molecule is CN(CCCCCO)C(=O)c1cccc(C#CCO)c1. The van der Waals surface area contributed by atoms with Gasteiger partial charge in [-0.1, -0.05) is 17.9 Å². The van der Waals surface area contributed by atoms with E-state index in [0.29, 0.717) is 12.1 Å². The summed E-state index contributed by atoms with van der Waals surface area (Å²) in [5.74, 6) is 5.31. The van der Waals surface area contributed by atoms with Gasteiger partial charge in [0.1, 0.15) is 6.61 Å². The Morgan fingerprint density at radius 1 is 1.25 bits per heavy atom. The molecule has 0 saturated heterocycles. The maximum Gasteiger partial charge on any atom is 0.253 e. The third-order valence-electron chi connectivity index (χ3n) is 2.92. The van der Waals surface area contributed by atoms with Crippen molar-refractivity contribution in [2.45, 2.75) is 19.3 Å². The molecule has 0 aromatic heterocycles. The Bertz CT molecular complexity index is 488. The van der Waals surface area contributed by atoms with Crippen LogP contribution < -0.4 is 0 Å². The highest BCUT2D eigenvalue weighted by Gasteiger charge is 2.11. The van der Waals surface area contributed by atoms with Gasteiger partial charge < -0.3 is 15.1 Å². The molecule has 0 saturated carbocycles. The van der Waals surface area contributed by atoms with Crippen LogP contribution in [0.1, 0.15) is 35.2 Å². The van der Waals surface area contributed by atoms with Crippen LogP contribution in [0.4, 0.5) is 0 Å². The highest BCUT2D eigenvalue weighted by Crippen LogP contribution is 2.08.